The number of nitrogens with one attached hydrogen (secondary N) is 2. The van der Waals surface area contributed by atoms with Gasteiger partial charge in [-0.2, -0.15) is 0 Å². The number of halogens is 2. The van der Waals surface area contributed by atoms with Crippen LogP contribution in [-0.4, -0.2) is 35.8 Å². The van der Waals surface area contributed by atoms with Crippen molar-refractivity contribution in [3.05, 3.63) is 29.8 Å². The van der Waals surface area contributed by atoms with Gasteiger partial charge in [0.05, 0.1) is 12.5 Å². The van der Waals surface area contributed by atoms with Gasteiger partial charge in [0, 0.05) is 11.3 Å². The van der Waals surface area contributed by atoms with Crippen molar-refractivity contribution in [3.63, 3.8) is 0 Å². The highest BCUT2D eigenvalue weighted by Crippen LogP contribution is 2.64. The summed E-state index contributed by atoms with van der Waals surface area (Å²) in [5.74, 6) is -1.31. The van der Waals surface area contributed by atoms with Crippen LogP contribution < -0.4 is 10.6 Å². The molecule has 6 nitrogen and oxygen atoms in total. The summed E-state index contributed by atoms with van der Waals surface area (Å²) in [6, 6.07) is 6.33. The molecule has 1 aliphatic carbocycles. The first-order chi connectivity index (χ1) is 10.7. The molecule has 1 aromatic rings. The molecule has 0 aliphatic heterocycles. The van der Waals surface area contributed by atoms with Crippen molar-refractivity contribution in [2.24, 2.45) is 5.41 Å². The van der Waals surface area contributed by atoms with Gasteiger partial charge in [0.15, 0.2) is 0 Å². The Hall–Kier alpha value is -1.79. The Labute approximate surface area is 143 Å². The van der Waals surface area contributed by atoms with Crippen LogP contribution in [-0.2, 0) is 14.3 Å². The number of hydrogen-bond donors (Lipinski definition) is 2. The van der Waals surface area contributed by atoms with Crippen LogP contribution in [0, 0.1) is 5.41 Å². The van der Waals surface area contributed by atoms with E-state index in [1.807, 2.05) is 0 Å². The van der Waals surface area contributed by atoms with Gasteiger partial charge in [0.2, 0.25) is 5.91 Å². The molecule has 0 unspecified atom stereocenters. The zero-order chi connectivity index (χ0) is 17.3. The molecular formula is C15H16Cl2N2O4. The van der Waals surface area contributed by atoms with Crippen LogP contribution in [0.5, 0.6) is 0 Å². The van der Waals surface area contributed by atoms with E-state index in [0.717, 1.165) is 0 Å². The minimum atomic E-state index is -1.06. The lowest BCUT2D eigenvalue weighted by Crippen LogP contribution is -2.30. The monoisotopic (exact) mass is 358 g/mol. The molecule has 1 aliphatic rings. The topological polar surface area (TPSA) is 84.5 Å². The van der Waals surface area contributed by atoms with E-state index in [9.17, 15) is 14.4 Å². The molecule has 23 heavy (non-hydrogen) atoms. The average molecular weight is 359 g/mol. The molecule has 1 atom stereocenters. The van der Waals surface area contributed by atoms with Gasteiger partial charge in [-0.25, -0.2) is 0 Å². The van der Waals surface area contributed by atoms with Gasteiger partial charge >= 0.3 is 5.97 Å². The van der Waals surface area contributed by atoms with E-state index in [4.69, 9.17) is 23.2 Å². The van der Waals surface area contributed by atoms with Gasteiger partial charge in [-0.3, -0.25) is 14.4 Å². The number of carbonyl (C=O) groups excluding carboxylic acids is 3. The van der Waals surface area contributed by atoms with Gasteiger partial charge in [0.1, 0.15) is 10.9 Å². The smallest absolute Gasteiger partial charge is 0.325 e. The summed E-state index contributed by atoms with van der Waals surface area (Å²) < 4.78 is 3.38. The molecule has 0 radical (unpaired) electrons. The van der Waals surface area contributed by atoms with Crippen molar-refractivity contribution in [2.75, 3.05) is 19.0 Å². The average Bonchev–Trinajstić information content (AvgIpc) is 3.04. The zero-order valence-corrected chi connectivity index (χ0v) is 14.1. The lowest BCUT2D eigenvalue weighted by atomic mass is 10.1. The van der Waals surface area contributed by atoms with Crippen LogP contribution in [0.3, 0.4) is 0 Å². The number of ether oxygens (including phenoxy) is 1. The Morgan fingerprint density at radius 2 is 1.96 bits per heavy atom. The zero-order valence-electron chi connectivity index (χ0n) is 12.6. The molecule has 0 aromatic heterocycles. The number of anilines is 1. The normalized spacial score (nSPS) is 21.2. The minimum absolute atomic E-state index is 0.231. The molecule has 1 fully saturated rings. The number of rotatable bonds is 5. The first-order valence-corrected chi connectivity index (χ1v) is 7.59. The minimum Gasteiger partial charge on any atom is -0.468 e. The molecular weight excluding hydrogens is 343 g/mol. The summed E-state index contributed by atoms with van der Waals surface area (Å²) in [6.45, 7) is 1.44. The summed E-state index contributed by atoms with van der Waals surface area (Å²) in [5.41, 5.74) is -0.104. The van der Waals surface area contributed by atoms with E-state index < -0.39 is 21.6 Å². The fraction of sp³-hybridized carbons (Fsp3) is 0.400. The number of methoxy groups -OCH3 is 1. The lowest BCUT2D eigenvalue weighted by molar-refractivity contribution is -0.139. The van der Waals surface area contributed by atoms with E-state index in [0.29, 0.717) is 17.7 Å². The molecule has 0 spiro atoms. The number of hydrogen-bond acceptors (Lipinski definition) is 4. The maximum atomic E-state index is 12.2. The van der Waals surface area contributed by atoms with Gasteiger partial charge < -0.3 is 15.4 Å². The third kappa shape index (κ3) is 3.76. The second kappa shape index (κ2) is 6.37. The van der Waals surface area contributed by atoms with Gasteiger partial charge in [0.25, 0.3) is 5.91 Å². The van der Waals surface area contributed by atoms with Crippen molar-refractivity contribution in [3.8, 4) is 0 Å². The number of alkyl halides is 2. The van der Waals surface area contributed by atoms with E-state index >= 15 is 0 Å². The molecule has 1 saturated carbocycles. The quantitative estimate of drug-likeness (QED) is 0.623. The van der Waals surface area contributed by atoms with E-state index in [-0.39, 0.29) is 12.5 Å². The third-order valence-electron chi connectivity index (χ3n) is 3.76. The first-order valence-electron chi connectivity index (χ1n) is 6.84. The molecule has 2 N–H and O–H groups in total. The second-order valence-electron chi connectivity index (χ2n) is 5.51. The Morgan fingerprint density at radius 3 is 2.52 bits per heavy atom. The Morgan fingerprint density at radius 1 is 1.30 bits per heavy atom. The summed E-state index contributed by atoms with van der Waals surface area (Å²) in [6.07, 6.45) is 0.369. The summed E-state index contributed by atoms with van der Waals surface area (Å²) in [4.78, 5) is 35.2. The Bertz CT molecular complexity index is 663. The maximum Gasteiger partial charge on any atom is 0.325 e. The third-order valence-corrected chi connectivity index (χ3v) is 4.86. The highest BCUT2D eigenvalue weighted by atomic mass is 35.5. The van der Waals surface area contributed by atoms with E-state index in [1.54, 1.807) is 25.1 Å². The van der Waals surface area contributed by atoms with Crippen LogP contribution >= 0.6 is 23.2 Å². The molecule has 2 amide bonds. The van der Waals surface area contributed by atoms with Gasteiger partial charge in [-0.05, 0) is 31.5 Å². The molecule has 124 valence electrons. The van der Waals surface area contributed by atoms with Crippen molar-refractivity contribution in [2.45, 2.75) is 17.7 Å². The van der Waals surface area contributed by atoms with Gasteiger partial charge in [-0.1, -0.05) is 6.07 Å². The second-order valence-corrected chi connectivity index (χ2v) is 6.99. The van der Waals surface area contributed by atoms with Crippen LogP contribution in [0.2, 0.25) is 0 Å². The number of esters is 1. The van der Waals surface area contributed by atoms with Crippen molar-refractivity contribution in [1.82, 2.24) is 5.32 Å². The lowest BCUT2D eigenvalue weighted by Gasteiger charge is -2.13. The number of amides is 2. The Balaban J connectivity index is 2.01. The van der Waals surface area contributed by atoms with E-state index in [2.05, 4.69) is 15.4 Å². The molecule has 8 heteroatoms. The van der Waals surface area contributed by atoms with Crippen molar-refractivity contribution in [1.29, 1.82) is 0 Å². The standard InChI is InChI=1S/C15H16Cl2N2O4/c1-14(8-15(14,16)17)13(22)19-10-5-3-4-9(6-10)12(21)18-7-11(20)23-2/h3-6H,7-8H2,1-2H3,(H,18,21)(H,19,22)/t14-/m0/s1. The number of carbonyl (C=O) groups is 3. The summed E-state index contributed by atoms with van der Waals surface area (Å²) in [7, 11) is 1.23. The SMILES string of the molecule is COC(=O)CNC(=O)c1cccc(NC(=O)[C@]2(C)CC2(Cl)Cl)c1. The van der Waals surface area contributed by atoms with Crippen molar-refractivity contribution < 1.29 is 19.1 Å². The van der Waals surface area contributed by atoms with Crippen LogP contribution in [0.15, 0.2) is 24.3 Å². The number of benzene rings is 1. The van der Waals surface area contributed by atoms with Gasteiger partial charge in [-0.15, -0.1) is 23.2 Å². The van der Waals surface area contributed by atoms with Crippen molar-refractivity contribution >= 4 is 46.7 Å². The largest absolute Gasteiger partial charge is 0.468 e. The van der Waals surface area contributed by atoms with E-state index in [1.165, 1.54) is 13.2 Å². The first kappa shape index (κ1) is 17.6. The predicted octanol–water partition coefficient (Wildman–Crippen LogP) is 2.11. The predicted molar refractivity (Wildman–Crippen MR) is 86.6 cm³/mol. The summed E-state index contributed by atoms with van der Waals surface area (Å²) >= 11 is 11.9. The molecule has 1 aromatic carbocycles. The molecule has 0 bridgehead atoms. The summed E-state index contributed by atoms with van der Waals surface area (Å²) in [5, 5.41) is 5.11. The molecule has 2 rings (SSSR count). The fourth-order valence-electron chi connectivity index (χ4n) is 1.98. The Kier molecular flexibility index (Phi) is 4.87. The van der Waals surface area contributed by atoms with Crippen LogP contribution in [0.1, 0.15) is 23.7 Å². The fourth-order valence-corrected chi connectivity index (χ4v) is 2.69. The molecule has 0 heterocycles. The molecule has 0 saturated heterocycles. The highest BCUT2D eigenvalue weighted by molar-refractivity contribution is 6.53. The van der Waals surface area contributed by atoms with Crippen LogP contribution in [0.4, 0.5) is 5.69 Å². The highest BCUT2D eigenvalue weighted by Gasteiger charge is 2.67. The maximum absolute atomic E-state index is 12.2. The van der Waals surface area contributed by atoms with Crippen LogP contribution in [0.25, 0.3) is 0 Å².